The Bertz CT molecular complexity index is 1050. The summed E-state index contributed by atoms with van der Waals surface area (Å²) in [4.78, 5) is 3.60. The standard InChI is InChI=1S/C27H28N2S/c1-18-6-10-22(11-7-18)20(3)28-26-21(4)29(24-14-8-19(2)9-15-24)27(26)23-12-16-25(30-5)17-13-23/h6-17,26-28H,3-4H2,1-2,5H3. The van der Waals surface area contributed by atoms with E-state index in [1.807, 2.05) is 0 Å². The second-order valence-corrected chi connectivity index (χ2v) is 8.76. The third-order valence-electron chi connectivity index (χ3n) is 5.76. The molecular weight excluding hydrogens is 384 g/mol. The summed E-state index contributed by atoms with van der Waals surface area (Å²) in [5.41, 5.74) is 8.05. The maximum Gasteiger partial charge on any atom is 0.0909 e. The minimum absolute atomic E-state index is 0.0974. The lowest BCUT2D eigenvalue weighted by atomic mass is 9.85. The van der Waals surface area contributed by atoms with Gasteiger partial charge in [-0.1, -0.05) is 72.8 Å². The molecule has 0 amide bonds. The quantitative estimate of drug-likeness (QED) is 0.452. The van der Waals surface area contributed by atoms with E-state index >= 15 is 0 Å². The highest BCUT2D eigenvalue weighted by molar-refractivity contribution is 7.98. The molecule has 4 rings (SSSR count). The predicted octanol–water partition coefficient (Wildman–Crippen LogP) is 6.73. The lowest BCUT2D eigenvalue weighted by molar-refractivity contribution is 0.427. The van der Waals surface area contributed by atoms with Gasteiger partial charge in [-0.15, -0.1) is 11.8 Å². The van der Waals surface area contributed by atoms with Gasteiger partial charge in [0, 0.05) is 22.0 Å². The van der Waals surface area contributed by atoms with E-state index in [0.29, 0.717) is 0 Å². The molecule has 3 aromatic carbocycles. The fourth-order valence-corrected chi connectivity index (χ4v) is 4.35. The SMILES string of the molecule is C=C(NC1C(=C)N(c2ccc(C)cc2)C1c1ccc(SC)cc1)c1ccc(C)cc1. The van der Waals surface area contributed by atoms with Crippen LogP contribution in [0.2, 0.25) is 0 Å². The van der Waals surface area contributed by atoms with Gasteiger partial charge in [0.05, 0.1) is 12.1 Å². The number of thioether (sulfide) groups is 1. The molecule has 1 aliphatic heterocycles. The zero-order valence-electron chi connectivity index (χ0n) is 17.9. The van der Waals surface area contributed by atoms with Gasteiger partial charge in [-0.3, -0.25) is 0 Å². The Balaban J connectivity index is 1.64. The molecule has 1 saturated heterocycles. The molecule has 1 N–H and O–H groups in total. The first-order valence-electron chi connectivity index (χ1n) is 10.2. The molecule has 1 fully saturated rings. The van der Waals surface area contributed by atoms with Gasteiger partial charge < -0.3 is 10.2 Å². The molecule has 2 atom stereocenters. The number of nitrogens with one attached hydrogen (secondary N) is 1. The van der Waals surface area contributed by atoms with Gasteiger partial charge in [0.2, 0.25) is 0 Å². The highest BCUT2D eigenvalue weighted by Crippen LogP contribution is 2.45. The Labute approximate surface area is 184 Å². The normalized spacial score (nSPS) is 18.1. The Kier molecular flexibility index (Phi) is 5.74. The molecule has 0 aliphatic carbocycles. The molecule has 0 aromatic heterocycles. The number of aryl methyl sites for hydroxylation is 2. The van der Waals surface area contributed by atoms with E-state index < -0.39 is 0 Å². The zero-order valence-corrected chi connectivity index (χ0v) is 18.7. The van der Waals surface area contributed by atoms with Crippen LogP contribution < -0.4 is 10.2 Å². The third-order valence-corrected chi connectivity index (χ3v) is 6.51. The van der Waals surface area contributed by atoms with Crippen molar-refractivity contribution in [3.8, 4) is 0 Å². The molecule has 152 valence electrons. The Hall–Kier alpha value is -2.91. The van der Waals surface area contributed by atoms with E-state index in [-0.39, 0.29) is 12.1 Å². The molecular formula is C27H28N2S. The molecule has 0 spiro atoms. The first kappa shape index (κ1) is 20.4. The Morgan fingerprint density at radius 1 is 0.867 bits per heavy atom. The van der Waals surface area contributed by atoms with Gasteiger partial charge in [-0.2, -0.15) is 0 Å². The van der Waals surface area contributed by atoms with Crippen molar-refractivity contribution >= 4 is 23.1 Å². The summed E-state index contributed by atoms with van der Waals surface area (Å²) in [6.07, 6.45) is 2.11. The summed E-state index contributed by atoms with van der Waals surface area (Å²) >= 11 is 1.76. The largest absolute Gasteiger partial charge is 0.374 e. The molecule has 3 aromatic rings. The van der Waals surface area contributed by atoms with Crippen LogP contribution in [0.5, 0.6) is 0 Å². The van der Waals surface area contributed by atoms with Crippen LogP contribution in [-0.4, -0.2) is 12.3 Å². The van der Waals surface area contributed by atoms with E-state index in [1.165, 1.54) is 27.3 Å². The van der Waals surface area contributed by atoms with Crippen LogP contribution in [0, 0.1) is 13.8 Å². The lowest BCUT2D eigenvalue weighted by Crippen LogP contribution is -2.57. The number of benzene rings is 3. The van der Waals surface area contributed by atoms with Crippen molar-refractivity contribution in [1.82, 2.24) is 5.32 Å². The molecule has 30 heavy (non-hydrogen) atoms. The molecule has 1 heterocycles. The maximum absolute atomic E-state index is 4.41. The maximum atomic E-state index is 4.41. The van der Waals surface area contributed by atoms with E-state index in [4.69, 9.17) is 0 Å². The van der Waals surface area contributed by atoms with Crippen molar-refractivity contribution in [3.63, 3.8) is 0 Å². The fraction of sp³-hybridized carbons (Fsp3) is 0.185. The minimum atomic E-state index is 0.0974. The summed E-state index contributed by atoms with van der Waals surface area (Å²) in [6, 6.07) is 26.2. The second kappa shape index (κ2) is 8.45. The van der Waals surface area contributed by atoms with Gasteiger partial charge in [0.15, 0.2) is 0 Å². The summed E-state index contributed by atoms with van der Waals surface area (Å²) in [6.45, 7) is 12.9. The topological polar surface area (TPSA) is 15.3 Å². The van der Waals surface area contributed by atoms with Crippen LogP contribution in [0.3, 0.4) is 0 Å². The zero-order chi connectivity index (χ0) is 21.3. The number of nitrogens with zero attached hydrogens (tertiary/aromatic N) is 1. The molecule has 0 radical (unpaired) electrons. The number of hydrogen-bond acceptors (Lipinski definition) is 3. The van der Waals surface area contributed by atoms with Crippen molar-refractivity contribution in [1.29, 1.82) is 0 Å². The van der Waals surface area contributed by atoms with E-state index in [2.05, 4.69) is 116 Å². The molecule has 2 unspecified atom stereocenters. The third kappa shape index (κ3) is 3.90. The van der Waals surface area contributed by atoms with Crippen molar-refractivity contribution in [2.45, 2.75) is 30.8 Å². The first-order valence-corrected chi connectivity index (χ1v) is 11.4. The van der Waals surface area contributed by atoms with Crippen molar-refractivity contribution in [2.75, 3.05) is 11.2 Å². The van der Waals surface area contributed by atoms with Crippen LogP contribution in [0.4, 0.5) is 5.69 Å². The minimum Gasteiger partial charge on any atom is -0.374 e. The van der Waals surface area contributed by atoms with Crippen LogP contribution in [0.15, 0.2) is 96.5 Å². The molecule has 0 bridgehead atoms. The van der Waals surface area contributed by atoms with Gasteiger partial charge in [0.1, 0.15) is 0 Å². The lowest BCUT2D eigenvalue weighted by Gasteiger charge is -2.52. The van der Waals surface area contributed by atoms with Gasteiger partial charge in [-0.25, -0.2) is 0 Å². The summed E-state index contributed by atoms with van der Waals surface area (Å²) in [5.74, 6) is 0. The van der Waals surface area contributed by atoms with Crippen molar-refractivity contribution < 1.29 is 0 Å². The summed E-state index contributed by atoms with van der Waals surface area (Å²) < 4.78 is 0. The van der Waals surface area contributed by atoms with Crippen LogP contribution >= 0.6 is 11.8 Å². The Morgan fingerprint density at radius 3 is 2.00 bits per heavy atom. The number of anilines is 1. The number of hydrogen-bond donors (Lipinski definition) is 1. The van der Waals surface area contributed by atoms with Gasteiger partial charge >= 0.3 is 0 Å². The predicted molar refractivity (Wildman–Crippen MR) is 131 cm³/mol. The molecule has 3 heteroatoms. The Morgan fingerprint density at radius 2 is 1.43 bits per heavy atom. The van der Waals surface area contributed by atoms with E-state index in [0.717, 1.165) is 17.0 Å². The van der Waals surface area contributed by atoms with E-state index in [1.54, 1.807) is 11.8 Å². The average Bonchev–Trinajstić information content (AvgIpc) is 2.77. The van der Waals surface area contributed by atoms with Gasteiger partial charge in [-0.05, 0) is 55.5 Å². The van der Waals surface area contributed by atoms with E-state index in [9.17, 15) is 0 Å². The number of rotatable bonds is 6. The van der Waals surface area contributed by atoms with Crippen LogP contribution in [0.1, 0.15) is 28.3 Å². The monoisotopic (exact) mass is 412 g/mol. The van der Waals surface area contributed by atoms with Crippen LogP contribution in [-0.2, 0) is 0 Å². The smallest absolute Gasteiger partial charge is 0.0909 e. The van der Waals surface area contributed by atoms with Crippen molar-refractivity contribution in [3.05, 3.63) is 114 Å². The van der Waals surface area contributed by atoms with Crippen molar-refractivity contribution in [2.24, 2.45) is 0 Å². The highest BCUT2D eigenvalue weighted by Gasteiger charge is 2.44. The van der Waals surface area contributed by atoms with Crippen LogP contribution in [0.25, 0.3) is 5.70 Å². The van der Waals surface area contributed by atoms with Gasteiger partial charge in [0.25, 0.3) is 0 Å². The fourth-order valence-electron chi connectivity index (χ4n) is 3.94. The second-order valence-electron chi connectivity index (χ2n) is 7.88. The highest BCUT2D eigenvalue weighted by atomic mass is 32.2. The average molecular weight is 413 g/mol. The summed E-state index contributed by atoms with van der Waals surface area (Å²) in [5, 5.41) is 3.65. The first-order chi connectivity index (χ1) is 14.5. The molecule has 2 nitrogen and oxygen atoms in total. The molecule has 0 saturated carbocycles. The summed E-state index contributed by atoms with van der Waals surface area (Å²) in [7, 11) is 0. The molecule has 1 aliphatic rings.